The van der Waals surface area contributed by atoms with E-state index >= 15 is 0 Å². The van der Waals surface area contributed by atoms with Crippen molar-refractivity contribution in [3.8, 4) is 0 Å². The lowest BCUT2D eigenvalue weighted by Gasteiger charge is -2.17. The van der Waals surface area contributed by atoms with Crippen LogP contribution in [0.25, 0.3) is 0 Å². The Morgan fingerprint density at radius 1 is 1.36 bits per heavy atom. The Kier molecular flexibility index (Phi) is 5.34. The largest absolute Gasteiger partial charge is 0.382 e. The van der Waals surface area contributed by atoms with Gasteiger partial charge in [0, 0.05) is 17.9 Å². The molecule has 4 nitrogen and oxygen atoms in total. The molecule has 0 radical (unpaired) electrons. The number of halogens is 2. The number of oxime groups is 1. The number of hydrogen-bond donors (Lipinski definition) is 1. The molecule has 0 unspecified atom stereocenters. The summed E-state index contributed by atoms with van der Waals surface area (Å²) in [5.41, 5.74) is 2.36. The minimum atomic E-state index is -0.673. The van der Waals surface area contributed by atoms with E-state index in [4.69, 9.17) is 16.4 Å². The van der Waals surface area contributed by atoms with Crippen molar-refractivity contribution in [1.82, 2.24) is 5.32 Å². The molecule has 0 fully saturated rings. The van der Waals surface area contributed by atoms with Gasteiger partial charge >= 0.3 is 0 Å². The van der Waals surface area contributed by atoms with Gasteiger partial charge in [-0.1, -0.05) is 47.1 Å². The van der Waals surface area contributed by atoms with Crippen LogP contribution in [0.5, 0.6) is 0 Å². The second-order valence-corrected chi connectivity index (χ2v) is 6.42. The molecule has 2 aromatic rings. The zero-order chi connectivity index (χ0) is 17.8. The molecule has 1 N–H and O–H groups in total. The van der Waals surface area contributed by atoms with Crippen LogP contribution >= 0.6 is 11.6 Å². The highest BCUT2D eigenvalue weighted by molar-refractivity contribution is 6.31. The zero-order valence-electron chi connectivity index (χ0n) is 13.7. The van der Waals surface area contributed by atoms with Crippen molar-refractivity contribution >= 4 is 23.2 Å². The SMILES string of the molecule is C[C@@H](NC(=O)[C@H]1CC(Cc2cccc(F)c2)=NO1)c1ccccc1Cl. The third-order valence-electron chi connectivity index (χ3n) is 4.05. The highest BCUT2D eigenvalue weighted by Gasteiger charge is 2.29. The van der Waals surface area contributed by atoms with E-state index in [-0.39, 0.29) is 17.8 Å². The summed E-state index contributed by atoms with van der Waals surface area (Å²) in [7, 11) is 0. The fourth-order valence-corrected chi connectivity index (χ4v) is 3.06. The van der Waals surface area contributed by atoms with Crippen molar-refractivity contribution in [1.29, 1.82) is 0 Å². The Morgan fingerprint density at radius 2 is 2.16 bits per heavy atom. The first kappa shape index (κ1) is 17.4. The lowest BCUT2D eigenvalue weighted by molar-refractivity contribution is -0.131. The van der Waals surface area contributed by atoms with Crippen molar-refractivity contribution in [2.75, 3.05) is 0 Å². The second-order valence-electron chi connectivity index (χ2n) is 6.01. The molecule has 1 aliphatic heterocycles. The van der Waals surface area contributed by atoms with Gasteiger partial charge in [-0.25, -0.2) is 4.39 Å². The van der Waals surface area contributed by atoms with Gasteiger partial charge in [-0.2, -0.15) is 0 Å². The Hall–Kier alpha value is -2.40. The minimum absolute atomic E-state index is 0.239. The van der Waals surface area contributed by atoms with E-state index in [1.165, 1.54) is 12.1 Å². The van der Waals surface area contributed by atoms with Gasteiger partial charge < -0.3 is 10.2 Å². The summed E-state index contributed by atoms with van der Waals surface area (Å²) in [5.74, 6) is -0.537. The molecule has 2 aromatic carbocycles. The molecule has 0 aromatic heterocycles. The first-order valence-electron chi connectivity index (χ1n) is 8.03. The predicted molar refractivity (Wildman–Crippen MR) is 95.0 cm³/mol. The van der Waals surface area contributed by atoms with Gasteiger partial charge in [0.15, 0.2) is 0 Å². The highest BCUT2D eigenvalue weighted by Crippen LogP contribution is 2.23. The first-order chi connectivity index (χ1) is 12.0. The van der Waals surface area contributed by atoms with Gasteiger partial charge in [0.2, 0.25) is 6.10 Å². The Morgan fingerprint density at radius 3 is 2.92 bits per heavy atom. The monoisotopic (exact) mass is 360 g/mol. The molecule has 0 spiro atoms. The van der Waals surface area contributed by atoms with E-state index in [0.29, 0.717) is 17.9 Å². The average Bonchev–Trinajstić information content (AvgIpc) is 3.04. The Labute approximate surface area is 150 Å². The quantitative estimate of drug-likeness (QED) is 0.874. The number of hydrogen-bond acceptors (Lipinski definition) is 3. The standard InChI is InChI=1S/C19H18ClFN2O2/c1-12(16-7-2-3-8-17(16)20)22-19(24)18-11-15(23-25-18)10-13-5-4-6-14(21)9-13/h2-9,12,18H,10-11H2,1H3,(H,22,24)/t12-,18-/m1/s1. The number of rotatable bonds is 5. The maximum atomic E-state index is 13.2. The molecule has 6 heteroatoms. The topological polar surface area (TPSA) is 50.7 Å². The van der Waals surface area contributed by atoms with Gasteiger partial charge in [0.1, 0.15) is 5.82 Å². The minimum Gasteiger partial charge on any atom is -0.382 e. The molecule has 25 heavy (non-hydrogen) atoms. The summed E-state index contributed by atoms with van der Waals surface area (Å²) in [6, 6.07) is 13.4. The Balaban J connectivity index is 1.56. The fourth-order valence-electron chi connectivity index (χ4n) is 2.76. The van der Waals surface area contributed by atoms with Crippen LogP contribution in [-0.4, -0.2) is 17.7 Å². The number of carbonyl (C=O) groups is 1. The number of nitrogens with zero attached hydrogens (tertiary/aromatic N) is 1. The van der Waals surface area contributed by atoms with Gasteiger partial charge in [-0.3, -0.25) is 4.79 Å². The lowest BCUT2D eigenvalue weighted by Crippen LogP contribution is -2.36. The second kappa shape index (κ2) is 7.66. The van der Waals surface area contributed by atoms with Crippen LogP contribution in [0.2, 0.25) is 5.02 Å². The summed E-state index contributed by atoms with van der Waals surface area (Å²) in [6.45, 7) is 1.86. The normalized spacial score (nSPS) is 17.6. The van der Waals surface area contributed by atoms with Crippen LogP contribution in [0.15, 0.2) is 53.7 Å². The van der Waals surface area contributed by atoms with Gasteiger partial charge in [0.25, 0.3) is 5.91 Å². The van der Waals surface area contributed by atoms with E-state index in [2.05, 4.69) is 10.5 Å². The fraction of sp³-hybridized carbons (Fsp3) is 0.263. The maximum Gasteiger partial charge on any atom is 0.264 e. The lowest BCUT2D eigenvalue weighted by atomic mass is 10.0. The van der Waals surface area contributed by atoms with E-state index in [0.717, 1.165) is 16.8 Å². The molecule has 0 saturated heterocycles. The van der Waals surface area contributed by atoms with Gasteiger partial charge in [-0.15, -0.1) is 0 Å². The molecule has 1 heterocycles. The number of amides is 1. The van der Waals surface area contributed by atoms with Crippen LogP contribution in [0.1, 0.15) is 30.5 Å². The third-order valence-corrected chi connectivity index (χ3v) is 4.39. The maximum absolute atomic E-state index is 13.2. The van der Waals surface area contributed by atoms with Crippen LogP contribution in [0.3, 0.4) is 0 Å². The molecule has 3 rings (SSSR count). The highest BCUT2D eigenvalue weighted by atomic mass is 35.5. The van der Waals surface area contributed by atoms with E-state index in [1.807, 2.05) is 31.2 Å². The number of nitrogens with one attached hydrogen (secondary N) is 1. The molecular formula is C19H18ClFN2O2. The van der Waals surface area contributed by atoms with E-state index in [9.17, 15) is 9.18 Å². The van der Waals surface area contributed by atoms with Crippen LogP contribution in [0.4, 0.5) is 4.39 Å². The molecule has 0 aliphatic carbocycles. The Bertz CT molecular complexity index is 810. The van der Waals surface area contributed by atoms with Crippen molar-refractivity contribution in [3.05, 3.63) is 70.5 Å². The summed E-state index contributed by atoms with van der Waals surface area (Å²) in [6.07, 6.45) is 0.174. The van der Waals surface area contributed by atoms with Crippen molar-refractivity contribution < 1.29 is 14.0 Å². The van der Waals surface area contributed by atoms with Gasteiger partial charge in [0.05, 0.1) is 11.8 Å². The van der Waals surface area contributed by atoms with E-state index < -0.39 is 6.10 Å². The summed E-state index contributed by atoms with van der Waals surface area (Å²) in [5, 5.41) is 7.46. The number of benzene rings is 2. The molecule has 1 aliphatic rings. The summed E-state index contributed by atoms with van der Waals surface area (Å²) in [4.78, 5) is 17.6. The third kappa shape index (κ3) is 4.37. The predicted octanol–water partition coefficient (Wildman–Crippen LogP) is 4.04. The zero-order valence-corrected chi connectivity index (χ0v) is 14.5. The van der Waals surface area contributed by atoms with Crippen molar-refractivity contribution in [2.45, 2.75) is 31.9 Å². The molecular weight excluding hydrogens is 343 g/mol. The summed E-state index contributed by atoms with van der Waals surface area (Å²) >= 11 is 6.15. The first-order valence-corrected chi connectivity index (χ1v) is 8.41. The van der Waals surface area contributed by atoms with Crippen LogP contribution in [0, 0.1) is 5.82 Å². The van der Waals surface area contributed by atoms with Crippen molar-refractivity contribution in [2.24, 2.45) is 5.16 Å². The van der Waals surface area contributed by atoms with Crippen LogP contribution < -0.4 is 5.32 Å². The summed E-state index contributed by atoms with van der Waals surface area (Å²) < 4.78 is 13.2. The van der Waals surface area contributed by atoms with Crippen LogP contribution in [-0.2, 0) is 16.1 Å². The molecule has 0 saturated carbocycles. The van der Waals surface area contributed by atoms with Gasteiger partial charge in [-0.05, 0) is 36.2 Å². The number of carbonyl (C=O) groups excluding carboxylic acids is 1. The van der Waals surface area contributed by atoms with Crippen molar-refractivity contribution in [3.63, 3.8) is 0 Å². The smallest absolute Gasteiger partial charge is 0.264 e. The molecule has 130 valence electrons. The molecule has 1 amide bonds. The average molecular weight is 361 g/mol. The molecule has 0 bridgehead atoms. The molecule has 2 atom stereocenters. The van der Waals surface area contributed by atoms with E-state index in [1.54, 1.807) is 12.1 Å².